The van der Waals surface area contributed by atoms with Gasteiger partial charge in [0.05, 0.1) is 10.0 Å². The smallest absolute Gasteiger partial charge is 0.339 e. The number of fused-ring (bicyclic) bond motifs is 5. The quantitative estimate of drug-likeness (QED) is 0.171. The van der Waals surface area contributed by atoms with Crippen LogP contribution in [0.5, 0.6) is 11.5 Å². The summed E-state index contributed by atoms with van der Waals surface area (Å²) in [4.78, 5) is 24.2. The second kappa shape index (κ2) is 15.8. The van der Waals surface area contributed by atoms with E-state index in [0.29, 0.717) is 45.8 Å². The van der Waals surface area contributed by atoms with Crippen LogP contribution in [0.1, 0.15) is 156 Å². The Morgan fingerprint density at radius 1 is 0.792 bits per heavy atom. The average molecular weight is 768 g/mol. The fourth-order valence-electron chi connectivity index (χ4n) is 12.6. The Morgan fingerprint density at radius 3 is 1.98 bits per heavy atom. The highest BCUT2D eigenvalue weighted by Gasteiger charge is 2.61. The van der Waals surface area contributed by atoms with E-state index in [-0.39, 0.29) is 21.2 Å². The van der Waals surface area contributed by atoms with Gasteiger partial charge >= 0.3 is 11.9 Å². The minimum atomic E-state index is -1.33. The number of carboxylic acid groups (broad SMARTS) is 2. The lowest BCUT2D eigenvalue weighted by atomic mass is 9.42. The molecule has 9 atom stereocenters. The number of aromatic hydroxyl groups is 2. The summed E-state index contributed by atoms with van der Waals surface area (Å²) >= 11 is 12.7. The van der Waals surface area contributed by atoms with Crippen molar-refractivity contribution in [3.05, 3.63) is 62.6 Å². The van der Waals surface area contributed by atoms with Gasteiger partial charge in [0.2, 0.25) is 0 Å². The molecule has 2 aromatic carbocycles. The normalized spacial score (nSPS) is 31.3. The van der Waals surface area contributed by atoms with Crippen LogP contribution in [0.4, 0.5) is 0 Å². The molecule has 0 amide bonds. The second-order valence-corrected chi connectivity index (χ2v) is 19.1. The minimum Gasteiger partial charge on any atom is -0.505 e. The number of hydrogen-bond acceptors (Lipinski definition) is 4. The van der Waals surface area contributed by atoms with E-state index in [9.17, 15) is 30.0 Å². The zero-order valence-corrected chi connectivity index (χ0v) is 33.8. The third kappa shape index (κ3) is 7.62. The molecule has 0 bridgehead atoms. The maximum Gasteiger partial charge on any atom is 0.339 e. The number of phenols is 2. The SMILES string of the molecule is CC(C)CCC[C@@H](C)[C@H]1CC[C@H]2[C@@H]3CC(CCC=C(c4cc(Cl)c(O)c(C(=O)O)c4)c4cc(Cl)c(O)c(C(=O)O)c4)C4CCCC[C@]4(C)[C@H]3CC[C@]12C. The largest absolute Gasteiger partial charge is 0.505 e. The molecule has 0 spiro atoms. The van der Waals surface area contributed by atoms with Crippen LogP contribution in [0.25, 0.3) is 5.57 Å². The zero-order valence-electron chi connectivity index (χ0n) is 32.3. The Kier molecular flexibility index (Phi) is 11.9. The Labute approximate surface area is 326 Å². The van der Waals surface area contributed by atoms with Gasteiger partial charge in [-0.05, 0) is 157 Å². The van der Waals surface area contributed by atoms with Gasteiger partial charge < -0.3 is 20.4 Å². The molecule has 290 valence electrons. The third-order valence-electron chi connectivity index (χ3n) is 15.1. The number of rotatable bonds is 12. The molecule has 4 aliphatic rings. The first-order valence-electron chi connectivity index (χ1n) is 20.3. The summed E-state index contributed by atoms with van der Waals surface area (Å²) < 4.78 is 0. The van der Waals surface area contributed by atoms with Crippen LogP contribution in [-0.4, -0.2) is 32.4 Å². The number of hydrogen-bond donors (Lipinski definition) is 4. The molecule has 2 unspecified atom stereocenters. The van der Waals surface area contributed by atoms with E-state index in [0.717, 1.165) is 41.9 Å². The number of carboxylic acids is 2. The third-order valence-corrected chi connectivity index (χ3v) is 15.6. The summed E-state index contributed by atoms with van der Waals surface area (Å²) in [5, 5.41) is 40.4. The fraction of sp³-hybridized carbons (Fsp3) is 0.644. The summed E-state index contributed by atoms with van der Waals surface area (Å²) in [5.41, 5.74) is 1.48. The molecule has 0 aromatic heterocycles. The van der Waals surface area contributed by atoms with Crippen molar-refractivity contribution in [1.29, 1.82) is 0 Å². The monoisotopic (exact) mass is 766 g/mol. The summed E-state index contributed by atoms with van der Waals surface area (Å²) in [5.74, 6) is 2.15. The van der Waals surface area contributed by atoms with Gasteiger partial charge in [-0.25, -0.2) is 9.59 Å². The van der Waals surface area contributed by atoms with Gasteiger partial charge in [0.1, 0.15) is 22.6 Å². The topological polar surface area (TPSA) is 115 Å². The molecule has 4 fully saturated rings. The van der Waals surface area contributed by atoms with E-state index in [4.69, 9.17) is 23.2 Å². The Balaban J connectivity index is 1.32. The van der Waals surface area contributed by atoms with E-state index in [2.05, 4.69) is 34.6 Å². The lowest BCUT2D eigenvalue weighted by molar-refractivity contribution is -0.138. The molecule has 2 aromatic rings. The van der Waals surface area contributed by atoms with E-state index in [1.165, 1.54) is 101 Å². The van der Waals surface area contributed by atoms with Crippen LogP contribution < -0.4 is 0 Å². The highest BCUT2D eigenvalue weighted by molar-refractivity contribution is 6.33. The molecule has 6 rings (SSSR count). The lowest BCUT2D eigenvalue weighted by Gasteiger charge is -2.63. The van der Waals surface area contributed by atoms with Crippen LogP contribution in [0, 0.1) is 58.2 Å². The second-order valence-electron chi connectivity index (χ2n) is 18.3. The van der Waals surface area contributed by atoms with Crippen molar-refractivity contribution in [2.75, 3.05) is 0 Å². The van der Waals surface area contributed by atoms with Gasteiger partial charge in [-0.2, -0.15) is 0 Å². The molecule has 4 aliphatic carbocycles. The van der Waals surface area contributed by atoms with Crippen molar-refractivity contribution in [3.63, 3.8) is 0 Å². The molecule has 0 heterocycles. The van der Waals surface area contributed by atoms with Crippen LogP contribution in [-0.2, 0) is 0 Å². The maximum absolute atomic E-state index is 12.1. The van der Waals surface area contributed by atoms with Crippen molar-refractivity contribution in [2.45, 2.75) is 125 Å². The highest BCUT2D eigenvalue weighted by atomic mass is 35.5. The predicted octanol–water partition coefficient (Wildman–Crippen LogP) is 12.8. The van der Waals surface area contributed by atoms with Crippen LogP contribution >= 0.6 is 23.2 Å². The molecule has 8 heteroatoms. The van der Waals surface area contributed by atoms with Crippen molar-refractivity contribution >= 4 is 40.7 Å². The van der Waals surface area contributed by atoms with Crippen LogP contribution in [0.15, 0.2) is 30.3 Å². The lowest BCUT2D eigenvalue weighted by Crippen LogP contribution is -2.55. The van der Waals surface area contributed by atoms with Gasteiger partial charge in [0, 0.05) is 0 Å². The summed E-state index contributed by atoms with van der Waals surface area (Å²) in [6.45, 7) is 12.5. The van der Waals surface area contributed by atoms with Gasteiger partial charge in [-0.15, -0.1) is 0 Å². The molecule has 4 N–H and O–H groups in total. The molecule has 0 aliphatic heterocycles. The molecule has 0 radical (unpaired) electrons. The first-order valence-corrected chi connectivity index (χ1v) is 21.0. The average Bonchev–Trinajstić information content (AvgIpc) is 3.46. The first kappa shape index (κ1) is 40.0. The number of carbonyl (C=O) groups is 2. The van der Waals surface area contributed by atoms with Crippen LogP contribution in [0.2, 0.25) is 10.0 Å². The Morgan fingerprint density at radius 2 is 1.40 bits per heavy atom. The Bertz CT molecular complexity index is 1660. The fourth-order valence-corrected chi connectivity index (χ4v) is 13.0. The summed E-state index contributed by atoms with van der Waals surface area (Å²) in [6, 6.07) is 5.73. The maximum atomic E-state index is 12.1. The Hall–Kier alpha value is -2.70. The van der Waals surface area contributed by atoms with E-state index in [1.807, 2.05) is 6.08 Å². The number of benzene rings is 2. The highest BCUT2D eigenvalue weighted by Crippen LogP contribution is 2.69. The van der Waals surface area contributed by atoms with E-state index < -0.39 is 23.4 Å². The predicted molar refractivity (Wildman–Crippen MR) is 213 cm³/mol. The molecule has 4 saturated carbocycles. The molecular formula is C45H60Cl2O6. The molecule has 0 saturated heterocycles. The van der Waals surface area contributed by atoms with Crippen molar-refractivity contribution < 1.29 is 30.0 Å². The van der Waals surface area contributed by atoms with E-state index >= 15 is 0 Å². The standard InChI is InChI=1S/C45H60Cl2O6/c1-25(2)10-8-11-26(3)34-15-16-36-31-20-27(35-14-6-7-18-44(35,4)37(31)17-19-45(34,36)5)12-9-13-30(28-21-32(42(50)51)40(48)38(46)23-28)29-22-33(43(52)53)41(49)39(47)24-29/h13,21-27,31,34-37,48-49H,6-12,14-20H2,1-5H3,(H,50,51)(H,52,53)/t26-,27?,31+,34-,35?,36+,37+,44+,45-/m1/s1. The van der Waals surface area contributed by atoms with Crippen molar-refractivity contribution in [1.82, 2.24) is 0 Å². The van der Waals surface area contributed by atoms with Crippen molar-refractivity contribution in [3.8, 4) is 11.5 Å². The van der Waals surface area contributed by atoms with Gasteiger partial charge in [0.15, 0.2) is 0 Å². The number of allylic oxidation sites excluding steroid dienone is 1. The van der Waals surface area contributed by atoms with Gasteiger partial charge in [-0.1, -0.05) is 96.0 Å². The summed E-state index contributed by atoms with van der Waals surface area (Å²) in [6.07, 6.45) is 19.6. The first-order chi connectivity index (χ1) is 25.1. The van der Waals surface area contributed by atoms with Crippen LogP contribution in [0.3, 0.4) is 0 Å². The van der Waals surface area contributed by atoms with Gasteiger partial charge in [0.25, 0.3) is 0 Å². The molecule has 53 heavy (non-hydrogen) atoms. The van der Waals surface area contributed by atoms with E-state index in [1.54, 1.807) is 0 Å². The number of aromatic carboxylic acids is 2. The summed E-state index contributed by atoms with van der Waals surface area (Å²) in [7, 11) is 0. The number of halogens is 2. The zero-order chi connectivity index (χ0) is 38.4. The minimum absolute atomic E-state index is 0.116. The van der Waals surface area contributed by atoms with Crippen molar-refractivity contribution in [2.24, 2.45) is 58.2 Å². The molecule has 6 nitrogen and oxygen atoms in total. The van der Waals surface area contributed by atoms with Gasteiger partial charge in [-0.3, -0.25) is 0 Å². The molecular weight excluding hydrogens is 707 g/mol.